The average molecular weight is 167 g/mol. The Kier molecular flexibility index (Phi) is 2.42. The first kappa shape index (κ1) is 8.71. The number of hydrogen-bond donors (Lipinski definition) is 0. The van der Waals surface area contributed by atoms with Crippen molar-refractivity contribution >= 4 is 19.3 Å². The molecule has 0 N–H and O–H groups in total. The molecular weight excluding hydrogens is 160 g/mol. The third-order valence-corrected chi connectivity index (χ3v) is 1.48. The lowest BCUT2D eigenvalue weighted by Crippen LogP contribution is -2.20. The summed E-state index contributed by atoms with van der Waals surface area (Å²) in [4.78, 5) is 14.5. The molecule has 0 fully saturated rings. The summed E-state index contributed by atoms with van der Waals surface area (Å²) in [7, 11) is 2.81. The van der Waals surface area contributed by atoms with Crippen molar-refractivity contribution in [1.29, 1.82) is 0 Å². The highest BCUT2D eigenvalue weighted by Gasteiger charge is 2.14. The van der Waals surface area contributed by atoms with Crippen molar-refractivity contribution in [2.24, 2.45) is 0 Å². The van der Waals surface area contributed by atoms with E-state index in [1.807, 2.05) is 0 Å². The molecule has 1 rings (SSSR count). The van der Waals surface area contributed by atoms with Gasteiger partial charge >= 0.3 is 5.97 Å². The number of aromatic nitrogens is 1. The number of rotatable bonds is 1. The molecule has 62 valence electrons. The molecule has 0 unspecified atom stereocenters. The maximum absolute atomic E-state index is 12.9. The van der Waals surface area contributed by atoms with Crippen molar-refractivity contribution in [1.82, 2.24) is 4.98 Å². The van der Waals surface area contributed by atoms with Crippen LogP contribution in [0, 0.1) is 5.82 Å². The van der Waals surface area contributed by atoms with Crippen molar-refractivity contribution in [2.45, 2.75) is 0 Å². The van der Waals surface area contributed by atoms with Gasteiger partial charge < -0.3 is 4.74 Å². The van der Waals surface area contributed by atoms with Crippen LogP contribution in [0.15, 0.2) is 12.4 Å². The van der Waals surface area contributed by atoms with Gasteiger partial charge in [0.15, 0.2) is 5.82 Å². The molecule has 0 aliphatic rings. The summed E-state index contributed by atoms with van der Waals surface area (Å²) in [5.41, 5.74) is 0.425. The summed E-state index contributed by atoms with van der Waals surface area (Å²) in [6.07, 6.45) is 2.40. The van der Waals surface area contributed by atoms with Crippen molar-refractivity contribution in [3.05, 3.63) is 23.8 Å². The molecule has 0 aliphatic carbocycles. The van der Waals surface area contributed by atoms with Crippen molar-refractivity contribution < 1.29 is 13.9 Å². The first-order valence-electron chi connectivity index (χ1n) is 3.35. The fraction of sp³-hybridized carbons (Fsp3) is 0.143. The zero-order valence-electron chi connectivity index (χ0n) is 6.80. The van der Waals surface area contributed by atoms with E-state index in [2.05, 4.69) is 9.72 Å². The van der Waals surface area contributed by atoms with Crippen LogP contribution < -0.4 is 5.46 Å². The first-order chi connectivity index (χ1) is 5.66. The van der Waals surface area contributed by atoms with Crippen LogP contribution >= 0.6 is 0 Å². The topological polar surface area (TPSA) is 39.2 Å². The van der Waals surface area contributed by atoms with E-state index in [-0.39, 0.29) is 5.56 Å². The zero-order chi connectivity index (χ0) is 9.14. The maximum atomic E-state index is 12.9. The number of ether oxygens (including phenoxy) is 1. The van der Waals surface area contributed by atoms with Gasteiger partial charge in [0.05, 0.1) is 18.9 Å². The molecule has 0 atom stereocenters. The lowest BCUT2D eigenvalue weighted by atomic mass is 9.92. The second kappa shape index (κ2) is 3.34. The fourth-order valence-corrected chi connectivity index (χ4v) is 0.893. The number of carbonyl (C=O) groups excluding carboxylic acids is 1. The van der Waals surface area contributed by atoms with E-state index in [1.165, 1.54) is 13.3 Å². The predicted molar refractivity (Wildman–Crippen MR) is 43.7 cm³/mol. The number of methoxy groups -OCH3 is 1. The highest BCUT2D eigenvalue weighted by Crippen LogP contribution is 2.02. The molecule has 0 aromatic carbocycles. The molecule has 0 saturated heterocycles. The number of esters is 1. The quantitative estimate of drug-likeness (QED) is 0.408. The minimum Gasteiger partial charge on any atom is -0.465 e. The number of nitrogens with zero attached hydrogens (tertiary/aromatic N) is 1. The van der Waals surface area contributed by atoms with Crippen LogP contribution in [0.25, 0.3) is 0 Å². The molecule has 0 saturated carbocycles. The predicted octanol–water partition coefficient (Wildman–Crippen LogP) is -0.734. The van der Waals surface area contributed by atoms with E-state index in [4.69, 9.17) is 0 Å². The SMILES string of the molecule is Bc1cncc(F)c1C(=O)OC. The van der Waals surface area contributed by atoms with Crippen LogP contribution in [-0.4, -0.2) is 25.9 Å². The molecule has 1 aromatic heterocycles. The van der Waals surface area contributed by atoms with Crippen LogP contribution in [0.2, 0.25) is 0 Å². The Hall–Kier alpha value is -1.39. The third-order valence-electron chi connectivity index (χ3n) is 1.48. The molecule has 0 bridgehead atoms. The largest absolute Gasteiger partial charge is 0.465 e. The number of carbonyl (C=O) groups is 1. The summed E-state index contributed by atoms with van der Waals surface area (Å²) < 4.78 is 17.3. The van der Waals surface area contributed by atoms with Gasteiger partial charge in [0.1, 0.15) is 7.85 Å². The minimum atomic E-state index is -0.674. The Bertz CT molecular complexity index is 296. The van der Waals surface area contributed by atoms with E-state index >= 15 is 0 Å². The van der Waals surface area contributed by atoms with Gasteiger partial charge in [0.25, 0.3) is 0 Å². The Labute approximate surface area is 70.0 Å². The van der Waals surface area contributed by atoms with E-state index < -0.39 is 11.8 Å². The van der Waals surface area contributed by atoms with Crippen LogP contribution in [-0.2, 0) is 4.74 Å². The minimum absolute atomic E-state index is 0.0486. The zero-order valence-corrected chi connectivity index (χ0v) is 6.80. The number of hydrogen-bond acceptors (Lipinski definition) is 3. The van der Waals surface area contributed by atoms with Crippen molar-refractivity contribution in [3.8, 4) is 0 Å². The number of halogens is 1. The molecule has 12 heavy (non-hydrogen) atoms. The van der Waals surface area contributed by atoms with Crippen molar-refractivity contribution in [3.63, 3.8) is 0 Å². The van der Waals surface area contributed by atoms with E-state index in [9.17, 15) is 9.18 Å². The Morgan fingerprint density at radius 3 is 2.83 bits per heavy atom. The molecule has 0 aliphatic heterocycles. The van der Waals surface area contributed by atoms with E-state index in [0.717, 1.165) is 6.20 Å². The molecule has 1 heterocycles. The summed E-state index contributed by atoms with van der Waals surface area (Å²) in [5, 5.41) is 0. The van der Waals surface area contributed by atoms with E-state index in [0.29, 0.717) is 5.46 Å². The lowest BCUT2D eigenvalue weighted by Gasteiger charge is -2.02. The molecule has 3 nitrogen and oxygen atoms in total. The average Bonchev–Trinajstić information content (AvgIpc) is 2.03. The van der Waals surface area contributed by atoms with Crippen molar-refractivity contribution in [2.75, 3.05) is 7.11 Å². The lowest BCUT2D eigenvalue weighted by molar-refractivity contribution is 0.0597. The van der Waals surface area contributed by atoms with Gasteiger partial charge in [-0.1, -0.05) is 5.46 Å². The fourth-order valence-electron chi connectivity index (χ4n) is 0.893. The summed E-state index contributed by atoms with van der Waals surface area (Å²) in [6, 6.07) is 0. The smallest absolute Gasteiger partial charge is 0.340 e. The number of pyridine rings is 1. The Balaban J connectivity index is 3.21. The maximum Gasteiger partial charge on any atom is 0.340 e. The standard InChI is InChI=1S/C7H7BFNO2/c1-12-7(11)6-4(8)2-10-3-5(6)9/h2-3H,8H2,1H3. The summed E-state index contributed by atoms with van der Waals surface area (Å²) in [6.45, 7) is 0. The summed E-state index contributed by atoms with van der Waals surface area (Å²) >= 11 is 0. The third kappa shape index (κ3) is 1.44. The molecule has 1 aromatic rings. The molecule has 0 radical (unpaired) electrons. The Morgan fingerprint density at radius 2 is 2.33 bits per heavy atom. The molecule has 0 amide bonds. The highest BCUT2D eigenvalue weighted by atomic mass is 19.1. The van der Waals surface area contributed by atoms with Crippen LogP contribution in [0.5, 0.6) is 0 Å². The van der Waals surface area contributed by atoms with Gasteiger partial charge in [-0.25, -0.2) is 9.18 Å². The van der Waals surface area contributed by atoms with Crippen LogP contribution in [0.3, 0.4) is 0 Å². The normalized spacial score (nSPS) is 9.50. The van der Waals surface area contributed by atoms with Gasteiger partial charge in [-0.05, 0) is 0 Å². The van der Waals surface area contributed by atoms with Gasteiger partial charge in [0, 0.05) is 6.20 Å². The van der Waals surface area contributed by atoms with Crippen LogP contribution in [0.4, 0.5) is 4.39 Å². The highest BCUT2D eigenvalue weighted by molar-refractivity contribution is 6.36. The molecular formula is C7H7BFNO2. The van der Waals surface area contributed by atoms with E-state index in [1.54, 1.807) is 7.85 Å². The van der Waals surface area contributed by atoms with Crippen LogP contribution in [0.1, 0.15) is 10.4 Å². The summed E-state index contributed by atoms with van der Waals surface area (Å²) in [5.74, 6) is -1.32. The Morgan fingerprint density at radius 1 is 1.67 bits per heavy atom. The molecule has 5 heteroatoms. The second-order valence-corrected chi connectivity index (χ2v) is 2.30. The second-order valence-electron chi connectivity index (χ2n) is 2.30. The van der Waals surface area contributed by atoms with Gasteiger partial charge in [-0.3, -0.25) is 4.98 Å². The van der Waals surface area contributed by atoms with Gasteiger partial charge in [-0.15, -0.1) is 0 Å². The first-order valence-corrected chi connectivity index (χ1v) is 3.35. The monoisotopic (exact) mass is 167 g/mol. The van der Waals surface area contributed by atoms with Gasteiger partial charge in [-0.2, -0.15) is 0 Å². The molecule has 0 spiro atoms. The van der Waals surface area contributed by atoms with Gasteiger partial charge in [0.2, 0.25) is 0 Å².